The van der Waals surface area contributed by atoms with Gasteiger partial charge < -0.3 is 15.4 Å². The van der Waals surface area contributed by atoms with Crippen LogP contribution in [0.1, 0.15) is 34.7 Å². The van der Waals surface area contributed by atoms with Crippen LogP contribution >= 0.6 is 0 Å². The van der Waals surface area contributed by atoms with E-state index in [1.807, 2.05) is 26.0 Å². The molecule has 6 heteroatoms. The van der Waals surface area contributed by atoms with Gasteiger partial charge in [-0.1, -0.05) is 12.1 Å². The van der Waals surface area contributed by atoms with Crippen molar-refractivity contribution in [2.24, 2.45) is 0 Å². The van der Waals surface area contributed by atoms with Crippen LogP contribution in [0.5, 0.6) is 5.75 Å². The van der Waals surface area contributed by atoms with Crippen molar-refractivity contribution in [2.45, 2.75) is 19.9 Å². The van der Waals surface area contributed by atoms with Crippen LogP contribution in [0.2, 0.25) is 0 Å². The maximum Gasteiger partial charge on any atom is 0.270 e. The molecular formula is C17H17N3O3. The molecule has 1 aliphatic rings. The van der Waals surface area contributed by atoms with Crippen LogP contribution in [-0.4, -0.2) is 23.4 Å². The van der Waals surface area contributed by atoms with Crippen molar-refractivity contribution >= 4 is 17.5 Å². The normalized spacial score (nSPS) is 14.3. The first kappa shape index (κ1) is 15.0. The highest BCUT2D eigenvalue weighted by Crippen LogP contribution is 2.30. The van der Waals surface area contributed by atoms with Gasteiger partial charge in [0.2, 0.25) is 0 Å². The third kappa shape index (κ3) is 3.31. The summed E-state index contributed by atoms with van der Waals surface area (Å²) in [6.07, 6.45) is 0. The minimum atomic E-state index is -0.237. The van der Waals surface area contributed by atoms with Gasteiger partial charge in [-0.15, -0.1) is 0 Å². The van der Waals surface area contributed by atoms with E-state index in [1.54, 1.807) is 24.3 Å². The smallest absolute Gasteiger partial charge is 0.270 e. The van der Waals surface area contributed by atoms with Crippen LogP contribution in [0.15, 0.2) is 36.4 Å². The van der Waals surface area contributed by atoms with Crippen molar-refractivity contribution in [3.8, 4) is 5.75 Å². The van der Waals surface area contributed by atoms with E-state index in [0.717, 1.165) is 11.3 Å². The van der Waals surface area contributed by atoms with Gasteiger partial charge in [-0.25, -0.2) is 4.98 Å². The fraction of sp³-hybridized carbons (Fsp3) is 0.235. The monoisotopic (exact) mass is 311 g/mol. The Bertz CT molecular complexity index is 773. The Morgan fingerprint density at radius 2 is 2.17 bits per heavy atom. The lowest BCUT2D eigenvalue weighted by molar-refractivity contribution is -0.118. The van der Waals surface area contributed by atoms with Gasteiger partial charge in [0, 0.05) is 5.69 Å². The Hall–Kier alpha value is -2.89. The summed E-state index contributed by atoms with van der Waals surface area (Å²) in [6.45, 7) is 3.74. The number of anilines is 1. The molecule has 0 fully saturated rings. The first-order valence-electron chi connectivity index (χ1n) is 7.34. The number of carbonyl (C=O) groups excluding carboxylic acids is 2. The minimum Gasteiger partial charge on any atom is -0.482 e. The van der Waals surface area contributed by atoms with E-state index >= 15 is 0 Å². The third-order valence-corrected chi connectivity index (χ3v) is 3.61. The van der Waals surface area contributed by atoms with Crippen molar-refractivity contribution in [1.82, 2.24) is 10.3 Å². The number of ether oxygens (including phenoxy) is 1. The van der Waals surface area contributed by atoms with Gasteiger partial charge >= 0.3 is 0 Å². The molecule has 2 amide bonds. The van der Waals surface area contributed by atoms with Crippen molar-refractivity contribution < 1.29 is 14.3 Å². The number of nitrogens with one attached hydrogen (secondary N) is 2. The predicted octanol–water partition coefficient (Wildman–Crippen LogP) is 2.21. The van der Waals surface area contributed by atoms with Gasteiger partial charge in [0.1, 0.15) is 11.4 Å². The number of hydrogen-bond acceptors (Lipinski definition) is 4. The van der Waals surface area contributed by atoms with E-state index in [9.17, 15) is 9.59 Å². The molecule has 1 atom stereocenters. The average Bonchev–Trinajstić information content (AvgIpc) is 2.54. The number of aromatic nitrogens is 1. The van der Waals surface area contributed by atoms with E-state index in [2.05, 4.69) is 15.6 Å². The SMILES string of the molecule is Cc1cccc(C(=O)NC(C)c2ccc3c(c2)NC(=O)CO3)n1. The van der Waals surface area contributed by atoms with E-state index in [0.29, 0.717) is 17.1 Å². The van der Waals surface area contributed by atoms with Gasteiger partial charge in [0.25, 0.3) is 11.8 Å². The molecule has 0 spiro atoms. The Morgan fingerprint density at radius 1 is 1.35 bits per heavy atom. The van der Waals surface area contributed by atoms with E-state index in [4.69, 9.17) is 4.74 Å². The molecule has 0 saturated carbocycles. The predicted molar refractivity (Wildman–Crippen MR) is 85.4 cm³/mol. The second kappa shape index (κ2) is 6.08. The van der Waals surface area contributed by atoms with Gasteiger partial charge in [0.15, 0.2) is 6.61 Å². The summed E-state index contributed by atoms with van der Waals surface area (Å²) in [6, 6.07) is 10.5. The fourth-order valence-corrected chi connectivity index (χ4v) is 2.39. The molecule has 2 aromatic rings. The van der Waals surface area contributed by atoms with Crippen LogP contribution in [0.4, 0.5) is 5.69 Å². The first-order valence-corrected chi connectivity index (χ1v) is 7.34. The first-order chi connectivity index (χ1) is 11.0. The summed E-state index contributed by atoms with van der Waals surface area (Å²) in [5.41, 5.74) is 2.66. The molecule has 1 unspecified atom stereocenters. The molecule has 2 heterocycles. The van der Waals surface area contributed by atoms with Crippen molar-refractivity contribution in [3.05, 3.63) is 53.3 Å². The largest absolute Gasteiger partial charge is 0.482 e. The van der Waals surface area contributed by atoms with Crippen molar-refractivity contribution in [3.63, 3.8) is 0 Å². The van der Waals surface area contributed by atoms with Crippen LogP contribution in [0.25, 0.3) is 0 Å². The van der Waals surface area contributed by atoms with Gasteiger partial charge in [-0.05, 0) is 43.7 Å². The molecule has 1 aromatic carbocycles. The average molecular weight is 311 g/mol. The zero-order chi connectivity index (χ0) is 16.4. The van der Waals surface area contributed by atoms with Gasteiger partial charge in [-0.3, -0.25) is 9.59 Å². The lowest BCUT2D eigenvalue weighted by atomic mass is 10.1. The molecule has 0 radical (unpaired) electrons. The Balaban J connectivity index is 1.75. The Morgan fingerprint density at radius 3 is 2.96 bits per heavy atom. The molecule has 0 saturated heterocycles. The number of nitrogens with zero attached hydrogens (tertiary/aromatic N) is 1. The van der Waals surface area contributed by atoms with Gasteiger partial charge in [0.05, 0.1) is 11.7 Å². The third-order valence-electron chi connectivity index (χ3n) is 3.61. The molecule has 1 aromatic heterocycles. The summed E-state index contributed by atoms with van der Waals surface area (Å²) in [5, 5.41) is 5.66. The van der Waals surface area contributed by atoms with Crippen LogP contribution in [-0.2, 0) is 4.79 Å². The lowest BCUT2D eigenvalue weighted by Gasteiger charge is -2.21. The molecule has 2 N–H and O–H groups in total. The number of carbonyl (C=O) groups is 2. The highest BCUT2D eigenvalue weighted by Gasteiger charge is 2.18. The van der Waals surface area contributed by atoms with E-state index < -0.39 is 0 Å². The van der Waals surface area contributed by atoms with Crippen LogP contribution < -0.4 is 15.4 Å². The molecular weight excluding hydrogens is 294 g/mol. The fourth-order valence-electron chi connectivity index (χ4n) is 2.39. The Labute approximate surface area is 133 Å². The molecule has 0 bridgehead atoms. The molecule has 118 valence electrons. The summed E-state index contributed by atoms with van der Waals surface area (Å²) < 4.78 is 5.32. The quantitative estimate of drug-likeness (QED) is 0.911. The maximum absolute atomic E-state index is 12.3. The van der Waals surface area contributed by atoms with Crippen LogP contribution in [0.3, 0.4) is 0 Å². The molecule has 6 nitrogen and oxygen atoms in total. The van der Waals surface area contributed by atoms with Crippen molar-refractivity contribution in [1.29, 1.82) is 0 Å². The number of hydrogen-bond donors (Lipinski definition) is 2. The number of rotatable bonds is 3. The summed E-state index contributed by atoms with van der Waals surface area (Å²) in [4.78, 5) is 27.9. The topological polar surface area (TPSA) is 80.3 Å². The lowest BCUT2D eigenvalue weighted by Crippen LogP contribution is -2.28. The molecule has 23 heavy (non-hydrogen) atoms. The number of pyridine rings is 1. The zero-order valence-corrected chi connectivity index (χ0v) is 12.9. The molecule has 1 aliphatic heterocycles. The highest BCUT2D eigenvalue weighted by atomic mass is 16.5. The second-order valence-electron chi connectivity index (χ2n) is 5.45. The summed E-state index contributed by atoms with van der Waals surface area (Å²) in [5.74, 6) is 0.210. The standard InChI is InChI=1S/C17H17N3O3/c1-10-4-3-5-13(18-10)17(22)19-11(2)12-6-7-15-14(8-12)20-16(21)9-23-15/h3-8,11H,9H2,1-2H3,(H,19,22)(H,20,21). The van der Waals surface area contributed by atoms with Crippen molar-refractivity contribution in [2.75, 3.05) is 11.9 Å². The maximum atomic E-state index is 12.3. The van der Waals surface area contributed by atoms with Crippen LogP contribution in [0, 0.1) is 6.92 Å². The van der Waals surface area contributed by atoms with E-state index in [1.165, 1.54) is 0 Å². The van der Waals surface area contributed by atoms with Gasteiger partial charge in [-0.2, -0.15) is 0 Å². The molecule has 0 aliphatic carbocycles. The minimum absolute atomic E-state index is 0.0255. The number of amides is 2. The molecule has 3 rings (SSSR count). The second-order valence-corrected chi connectivity index (χ2v) is 5.45. The van der Waals surface area contributed by atoms with E-state index in [-0.39, 0.29) is 24.5 Å². The zero-order valence-electron chi connectivity index (χ0n) is 12.9. The number of benzene rings is 1. The Kier molecular flexibility index (Phi) is 3.97. The summed E-state index contributed by atoms with van der Waals surface area (Å²) in [7, 11) is 0. The number of fused-ring (bicyclic) bond motifs is 1. The highest BCUT2D eigenvalue weighted by molar-refractivity contribution is 5.95. The number of aryl methyl sites for hydroxylation is 1. The summed E-state index contributed by atoms with van der Waals surface area (Å²) >= 11 is 0.